The molecule has 1 atom stereocenters. The van der Waals surface area contributed by atoms with E-state index >= 15 is 0 Å². The number of nitro benzene ring substituents is 1. The topological polar surface area (TPSA) is 98.5 Å². The van der Waals surface area contributed by atoms with Gasteiger partial charge in [0.15, 0.2) is 0 Å². The fourth-order valence-corrected chi connectivity index (χ4v) is 1.67. The number of benzene rings is 1. The second-order valence-electron chi connectivity index (χ2n) is 3.96. The number of halogens is 1. The molecule has 1 amide bonds. The van der Waals surface area contributed by atoms with Crippen LogP contribution in [0.5, 0.6) is 0 Å². The molecule has 0 fully saturated rings. The van der Waals surface area contributed by atoms with E-state index in [9.17, 15) is 19.7 Å². The third kappa shape index (κ3) is 3.92. The number of alkyl halides is 1. The largest absolute Gasteiger partial charge is 0.468 e. The second-order valence-corrected chi connectivity index (χ2v) is 4.48. The van der Waals surface area contributed by atoms with E-state index in [1.54, 1.807) is 6.92 Å². The summed E-state index contributed by atoms with van der Waals surface area (Å²) < 4.78 is 4.42. The number of methoxy groups -OCH3 is 1. The summed E-state index contributed by atoms with van der Waals surface area (Å²) >= 11 is 5.69. The maximum Gasteiger partial charge on any atom is 0.325 e. The normalized spacial score (nSPS) is 11.6. The Labute approximate surface area is 120 Å². The van der Waals surface area contributed by atoms with Crippen LogP contribution in [-0.2, 0) is 9.53 Å². The number of rotatable bonds is 5. The lowest BCUT2D eigenvalue weighted by Gasteiger charge is -2.10. The summed E-state index contributed by atoms with van der Waals surface area (Å²) in [5.41, 5.74) is 0.647. The Morgan fingerprint density at radius 3 is 2.65 bits per heavy atom. The highest BCUT2D eigenvalue weighted by molar-refractivity contribution is 6.30. The Balaban J connectivity index is 2.73. The van der Waals surface area contributed by atoms with Gasteiger partial charge >= 0.3 is 5.97 Å². The Morgan fingerprint density at radius 2 is 2.15 bits per heavy atom. The SMILES string of the molecule is COC(=O)C(Cl)CNC(=O)c1ccc([N+](=O)[O-])cc1C. The Bertz CT molecular complexity index is 547. The van der Waals surface area contributed by atoms with Gasteiger partial charge in [-0.05, 0) is 18.6 Å². The summed E-state index contributed by atoms with van der Waals surface area (Å²) in [6.45, 7) is 1.49. The number of hydrogen-bond donors (Lipinski definition) is 1. The van der Waals surface area contributed by atoms with E-state index < -0.39 is 22.2 Å². The standard InChI is InChI=1S/C12H13ClN2O5/c1-7-5-8(15(18)19)3-4-9(7)11(16)14-6-10(13)12(17)20-2/h3-5,10H,6H2,1-2H3,(H,14,16). The second kappa shape index (κ2) is 6.85. The Hall–Kier alpha value is -2.15. The molecule has 1 N–H and O–H groups in total. The van der Waals surface area contributed by atoms with Crippen molar-refractivity contribution in [3.8, 4) is 0 Å². The minimum atomic E-state index is -0.984. The average Bonchev–Trinajstić information content (AvgIpc) is 2.43. The summed E-state index contributed by atoms with van der Waals surface area (Å²) in [4.78, 5) is 33.0. The fraction of sp³-hybridized carbons (Fsp3) is 0.333. The lowest BCUT2D eigenvalue weighted by Crippen LogP contribution is -2.34. The maximum atomic E-state index is 11.9. The number of non-ortho nitro benzene ring substituents is 1. The highest BCUT2D eigenvalue weighted by Crippen LogP contribution is 2.17. The molecule has 0 bridgehead atoms. The number of nitrogens with zero attached hydrogens (tertiary/aromatic N) is 1. The number of nitro groups is 1. The smallest absolute Gasteiger partial charge is 0.325 e. The first-order chi connectivity index (χ1) is 9.36. The number of hydrogen-bond acceptors (Lipinski definition) is 5. The van der Waals surface area contributed by atoms with E-state index in [0.717, 1.165) is 0 Å². The first kappa shape index (κ1) is 15.9. The highest BCUT2D eigenvalue weighted by atomic mass is 35.5. The van der Waals surface area contributed by atoms with Gasteiger partial charge in [-0.1, -0.05) is 0 Å². The van der Waals surface area contributed by atoms with E-state index in [2.05, 4.69) is 10.1 Å². The van der Waals surface area contributed by atoms with Gasteiger partial charge in [-0.25, -0.2) is 0 Å². The van der Waals surface area contributed by atoms with Crippen molar-refractivity contribution in [3.63, 3.8) is 0 Å². The van der Waals surface area contributed by atoms with E-state index in [1.165, 1.54) is 25.3 Å². The molecule has 0 aromatic heterocycles. The van der Waals surface area contributed by atoms with E-state index in [4.69, 9.17) is 11.6 Å². The Kier molecular flexibility index (Phi) is 5.45. The molecule has 8 heteroatoms. The predicted octanol–water partition coefficient (Wildman–Crippen LogP) is 1.41. The van der Waals surface area contributed by atoms with Crippen LogP contribution in [-0.4, -0.2) is 35.8 Å². The van der Waals surface area contributed by atoms with E-state index in [0.29, 0.717) is 5.56 Å². The zero-order chi connectivity index (χ0) is 15.3. The van der Waals surface area contributed by atoms with Crippen LogP contribution in [0, 0.1) is 17.0 Å². The molecule has 1 aromatic rings. The number of aryl methyl sites for hydroxylation is 1. The first-order valence-electron chi connectivity index (χ1n) is 5.62. The lowest BCUT2D eigenvalue weighted by atomic mass is 10.1. The predicted molar refractivity (Wildman–Crippen MR) is 71.8 cm³/mol. The molecular weight excluding hydrogens is 288 g/mol. The Morgan fingerprint density at radius 1 is 1.50 bits per heavy atom. The van der Waals surface area contributed by atoms with Crippen LogP contribution in [0.4, 0.5) is 5.69 Å². The molecule has 0 aliphatic carbocycles. The lowest BCUT2D eigenvalue weighted by molar-refractivity contribution is -0.384. The molecule has 1 unspecified atom stereocenters. The van der Waals surface area contributed by atoms with Crippen molar-refractivity contribution in [2.24, 2.45) is 0 Å². The summed E-state index contributed by atoms with van der Waals surface area (Å²) in [6.07, 6.45) is 0. The number of amides is 1. The summed E-state index contributed by atoms with van der Waals surface area (Å²) in [5.74, 6) is -1.11. The van der Waals surface area contributed by atoms with Crippen LogP contribution in [0.15, 0.2) is 18.2 Å². The van der Waals surface area contributed by atoms with Crippen LogP contribution in [0.25, 0.3) is 0 Å². The first-order valence-corrected chi connectivity index (χ1v) is 6.05. The molecule has 7 nitrogen and oxygen atoms in total. The number of nitrogens with one attached hydrogen (secondary N) is 1. The van der Waals surface area contributed by atoms with Crippen molar-refractivity contribution in [3.05, 3.63) is 39.4 Å². The summed E-state index contributed by atoms with van der Waals surface area (Å²) in [7, 11) is 1.19. The summed E-state index contributed by atoms with van der Waals surface area (Å²) in [6, 6.07) is 3.89. The molecule has 0 saturated heterocycles. The van der Waals surface area contributed by atoms with Gasteiger partial charge < -0.3 is 10.1 Å². The molecule has 1 rings (SSSR count). The highest BCUT2D eigenvalue weighted by Gasteiger charge is 2.18. The fourth-order valence-electron chi connectivity index (χ4n) is 1.50. The van der Waals surface area contributed by atoms with Crippen molar-refractivity contribution >= 4 is 29.2 Å². The monoisotopic (exact) mass is 300 g/mol. The zero-order valence-electron chi connectivity index (χ0n) is 10.9. The van der Waals surface area contributed by atoms with Gasteiger partial charge in [0.2, 0.25) is 0 Å². The number of esters is 1. The van der Waals surface area contributed by atoms with Gasteiger partial charge in [0.05, 0.1) is 12.0 Å². The number of ether oxygens (including phenoxy) is 1. The maximum absolute atomic E-state index is 11.9. The molecule has 0 saturated carbocycles. The van der Waals surface area contributed by atoms with Crippen LogP contribution in [0.2, 0.25) is 0 Å². The minimum Gasteiger partial charge on any atom is -0.468 e. The van der Waals surface area contributed by atoms with E-state index in [-0.39, 0.29) is 17.8 Å². The van der Waals surface area contributed by atoms with Crippen molar-refractivity contribution in [2.45, 2.75) is 12.3 Å². The van der Waals surface area contributed by atoms with E-state index in [1.807, 2.05) is 0 Å². The molecule has 108 valence electrons. The molecular formula is C12H13ClN2O5. The van der Waals surface area contributed by atoms with Crippen LogP contribution in [0.1, 0.15) is 15.9 Å². The van der Waals surface area contributed by atoms with Crippen LogP contribution >= 0.6 is 11.6 Å². The third-order valence-electron chi connectivity index (χ3n) is 2.56. The molecule has 0 aliphatic rings. The number of carbonyl (C=O) groups excluding carboxylic acids is 2. The van der Waals surface area contributed by atoms with Crippen LogP contribution in [0.3, 0.4) is 0 Å². The molecule has 0 aliphatic heterocycles. The van der Waals surface area contributed by atoms with Crippen molar-refractivity contribution in [1.29, 1.82) is 0 Å². The average molecular weight is 301 g/mol. The molecule has 20 heavy (non-hydrogen) atoms. The van der Waals surface area contributed by atoms with Gasteiger partial charge in [-0.2, -0.15) is 0 Å². The van der Waals surface area contributed by atoms with Crippen molar-refractivity contribution in [2.75, 3.05) is 13.7 Å². The zero-order valence-corrected chi connectivity index (χ0v) is 11.6. The molecule has 1 aromatic carbocycles. The van der Waals surface area contributed by atoms with Crippen molar-refractivity contribution in [1.82, 2.24) is 5.32 Å². The quantitative estimate of drug-likeness (QED) is 0.384. The molecule has 0 heterocycles. The van der Waals surface area contributed by atoms with Crippen LogP contribution < -0.4 is 5.32 Å². The minimum absolute atomic E-state index is 0.0937. The molecule has 0 spiro atoms. The van der Waals surface area contributed by atoms with Gasteiger partial charge in [0.25, 0.3) is 11.6 Å². The van der Waals surface area contributed by atoms with Gasteiger partial charge in [-0.3, -0.25) is 19.7 Å². The van der Waals surface area contributed by atoms with Gasteiger partial charge in [-0.15, -0.1) is 11.6 Å². The summed E-state index contributed by atoms with van der Waals surface area (Å²) in [5, 5.41) is 12.1. The molecule has 0 radical (unpaired) electrons. The van der Waals surface area contributed by atoms with Gasteiger partial charge in [0.1, 0.15) is 5.38 Å². The third-order valence-corrected chi connectivity index (χ3v) is 2.90. The van der Waals surface area contributed by atoms with Gasteiger partial charge in [0, 0.05) is 24.2 Å². The number of carbonyl (C=O) groups is 2. The van der Waals surface area contributed by atoms with Crippen molar-refractivity contribution < 1.29 is 19.2 Å².